The van der Waals surface area contributed by atoms with E-state index in [1.165, 1.54) is 0 Å². The van der Waals surface area contributed by atoms with Crippen LogP contribution in [0.25, 0.3) is 0 Å². The molecule has 0 aromatic heterocycles. The van der Waals surface area contributed by atoms with Gasteiger partial charge in [0.1, 0.15) is 0 Å². The van der Waals surface area contributed by atoms with E-state index >= 15 is 0 Å². The lowest BCUT2D eigenvalue weighted by Crippen LogP contribution is -2.57. The van der Waals surface area contributed by atoms with Crippen molar-refractivity contribution in [1.29, 1.82) is 0 Å². The summed E-state index contributed by atoms with van der Waals surface area (Å²) in [5.41, 5.74) is -0.961. The van der Waals surface area contributed by atoms with Gasteiger partial charge in [0, 0.05) is 5.54 Å². The summed E-state index contributed by atoms with van der Waals surface area (Å²) >= 11 is 0. The standard InChI is InChI=1S/C17H25NO3/c1-6-13(12-10-8-7-9-11-12)14(19)18-17(4,5)16(2,3)15(20)21/h7-11,13H,6H2,1-5H3,(H,18,19)(H,20,21). The first-order valence-electron chi connectivity index (χ1n) is 7.24. The number of carboxylic acids is 1. The summed E-state index contributed by atoms with van der Waals surface area (Å²) in [5.74, 6) is -1.33. The van der Waals surface area contributed by atoms with Crippen LogP contribution in [0.3, 0.4) is 0 Å². The highest BCUT2D eigenvalue weighted by Gasteiger charge is 2.45. The first kappa shape index (κ1) is 17.2. The van der Waals surface area contributed by atoms with Crippen LogP contribution < -0.4 is 5.32 Å². The third-order valence-corrected chi connectivity index (χ3v) is 4.46. The van der Waals surface area contributed by atoms with Crippen LogP contribution in [0.1, 0.15) is 52.5 Å². The second kappa shape index (κ2) is 6.29. The van der Waals surface area contributed by atoms with Crippen LogP contribution in [-0.4, -0.2) is 22.5 Å². The molecule has 116 valence electrons. The number of amides is 1. The molecule has 4 nitrogen and oxygen atoms in total. The molecule has 1 atom stereocenters. The van der Waals surface area contributed by atoms with Crippen molar-refractivity contribution in [3.63, 3.8) is 0 Å². The molecular weight excluding hydrogens is 266 g/mol. The summed E-state index contributed by atoms with van der Waals surface area (Å²) in [7, 11) is 0. The maximum Gasteiger partial charge on any atom is 0.311 e. The van der Waals surface area contributed by atoms with Crippen LogP contribution in [0.2, 0.25) is 0 Å². The van der Waals surface area contributed by atoms with Crippen molar-refractivity contribution in [2.24, 2.45) is 5.41 Å². The van der Waals surface area contributed by atoms with Crippen LogP contribution in [-0.2, 0) is 9.59 Å². The van der Waals surface area contributed by atoms with E-state index in [1.807, 2.05) is 37.3 Å². The zero-order valence-electron chi connectivity index (χ0n) is 13.4. The fraction of sp³-hybridized carbons (Fsp3) is 0.529. The van der Waals surface area contributed by atoms with Gasteiger partial charge in [0.2, 0.25) is 5.91 Å². The summed E-state index contributed by atoms with van der Waals surface area (Å²) in [4.78, 5) is 24.0. The molecule has 21 heavy (non-hydrogen) atoms. The number of benzene rings is 1. The van der Waals surface area contributed by atoms with Crippen molar-refractivity contribution in [1.82, 2.24) is 5.32 Å². The van der Waals surface area contributed by atoms with Crippen molar-refractivity contribution < 1.29 is 14.7 Å². The van der Waals surface area contributed by atoms with Gasteiger partial charge in [-0.3, -0.25) is 9.59 Å². The Balaban J connectivity index is 2.96. The summed E-state index contributed by atoms with van der Waals surface area (Å²) < 4.78 is 0. The largest absolute Gasteiger partial charge is 0.481 e. The highest BCUT2D eigenvalue weighted by atomic mass is 16.4. The van der Waals surface area contributed by atoms with Crippen LogP contribution in [0.4, 0.5) is 0 Å². The van der Waals surface area contributed by atoms with Gasteiger partial charge in [-0.15, -0.1) is 0 Å². The van der Waals surface area contributed by atoms with E-state index in [2.05, 4.69) is 5.32 Å². The molecule has 2 N–H and O–H groups in total. The van der Waals surface area contributed by atoms with Crippen molar-refractivity contribution in [3.05, 3.63) is 35.9 Å². The molecule has 1 unspecified atom stereocenters. The van der Waals surface area contributed by atoms with Gasteiger partial charge in [-0.2, -0.15) is 0 Å². The van der Waals surface area contributed by atoms with Gasteiger partial charge in [0.15, 0.2) is 0 Å². The number of carbonyl (C=O) groups excluding carboxylic acids is 1. The third-order valence-electron chi connectivity index (χ3n) is 4.46. The maximum atomic E-state index is 12.6. The molecule has 1 amide bonds. The van der Waals surface area contributed by atoms with Gasteiger partial charge in [-0.1, -0.05) is 37.3 Å². The second-order valence-corrected chi connectivity index (χ2v) is 6.42. The number of hydrogen-bond donors (Lipinski definition) is 2. The molecule has 1 rings (SSSR count). The zero-order valence-corrected chi connectivity index (χ0v) is 13.4. The van der Waals surface area contributed by atoms with Crippen LogP contribution in [0.5, 0.6) is 0 Å². The number of rotatable bonds is 6. The third kappa shape index (κ3) is 3.63. The van der Waals surface area contributed by atoms with Crippen molar-refractivity contribution in [2.75, 3.05) is 0 Å². The SMILES string of the molecule is CCC(C(=O)NC(C)(C)C(C)(C)C(=O)O)c1ccccc1. The Hall–Kier alpha value is -1.84. The summed E-state index contributed by atoms with van der Waals surface area (Å²) in [6, 6.07) is 9.55. The van der Waals surface area contributed by atoms with Crippen LogP contribution >= 0.6 is 0 Å². The molecule has 0 fully saturated rings. The quantitative estimate of drug-likeness (QED) is 0.846. The average Bonchev–Trinajstić information content (AvgIpc) is 2.39. The number of carbonyl (C=O) groups is 2. The number of hydrogen-bond acceptors (Lipinski definition) is 2. The Labute approximate surface area is 126 Å². The Morgan fingerprint density at radius 2 is 1.67 bits per heavy atom. The fourth-order valence-corrected chi connectivity index (χ4v) is 2.08. The first-order valence-corrected chi connectivity index (χ1v) is 7.24. The predicted octanol–water partition coefficient (Wildman–Crippen LogP) is 3.19. The number of carboxylic acid groups (broad SMARTS) is 1. The van der Waals surface area contributed by atoms with Crippen molar-refractivity contribution >= 4 is 11.9 Å². The normalized spacial score (nSPS) is 13.6. The molecule has 0 aliphatic rings. The lowest BCUT2D eigenvalue weighted by molar-refractivity contribution is -0.151. The Kier molecular flexibility index (Phi) is 5.15. The lowest BCUT2D eigenvalue weighted by atomic mass is 9.74. The highest BCUT2D eigenvalue weighted by molar-refractivity contribution is 5.85. The van der Waals surface area contributed by atoms with E-state index in [0.717, 1.165) is 5.56 Å². The van der Waals surface area contributed by atoms with Gasteiger partial charge < -0.3 is 10.4 Å². The molecule has 0 heterocycles. The molecule has 0 aliphatic heterocycles. The number of nitrogens with one attached hydrogen (secondary N) is 1. The molecular formula is C17H25NO3. The minimum atomic E-state index is -1.06. The Bertz CT molecular complexity index is 506. The Morgan fingerprint density at radius 1 is 1.14 bits per heavy atom. The summed E-state index contributed by atoms with van der Waals surface area (Å²) in [6.07, 6.45) is 0.666. The van der Waals surface area contributed by atoms with Gasteiger partial charge in [0.05, 0.1) is 11.3 Å². The molecule has 0 spiro atoms. The van der Waals surface area contributed by atoms with Crippen LogP contribution in [0.15, 0.2) is 30.3 Å². The average molecular weight is 291 g/mol. The molecule has 1 aromatic rings. The van der Waals surface area contributed by atoms with Crippen molar-refractivity contribution in [2.45, 2.75) is 52.5 Å². The second-order valence-electron chi connectivity index (χ2n) is 6.42. The maximum absolute atomic E-state index is 12.6. The lowest BCUT2D eigenvalue weighted by Gasteiger charge is -2.39. The van der Waals surface area contributed by atoms with Gasteiger partial charge in [0.25, 0.3) is 0 Å². The summed E-state index contributed by atoms with van der Waals surface area (Å²) in [6.45, 7) is 8.69. The molecule has 4 heteroatoms. The molecule has 0 aliphatic carbocycles. The molecule has 0 bridgehead atoms. The molecule has 0 saturated carbocycles. The van der Waals surface area contributed by atoms with E-state index < -0.39 is 16.9 Å². The predicted molar refractivity (Wildman–Crippen MR) is 83.1 cm³/mol. The monoisotopic (exact) mass is 291 g/mol. The fourth-order valence-electron chi connectivity index (χ4n) is 2.08. The minimum Gasteiger partial charge on any atom is -0.481 e. The van der Waals surface area contributed by atoms with Gasteiger partial charge in [-0.25, -0.2) is 0 Å². The highest BCUT2D eigenvalue weighted by Crippen LogP contribution is 2.32. The van der Waals surface area contributed by atoms with E-state index in [9.17, 15) is 14.7 Å². The van der Waals surface area contributed by atoms with E-state index in [-0.39, 0.29) is 11.8 Å². The zero-order chi connectivity index (χ0) is 16.3. The topological polar surface area (TPSA) is 66.4 Å². The van der Waals surface area contributed by atoms with E-state index in [4.69, 9.17) is 0 Å². The van der Waals surface area contributed by atoms with E-state index in [0.29, 0.717) is 6.42 Å². The molecule has 0 saturated heterocycles. The van der Waals surface area contributed by atoms with E-state index in [1.54, 1.807) is 27.7 Å². The van der Waals surface area contributed by atoms with Gasteiger partial charge in [-0.05, 0) is 39.7 Å². The smallest absolute Gasteiger partial charge is 0.311 e. The van der Waals surface area contributed by atoms with Crippen molar-refractivity contribution in [3.8, 4) is 0 Å². The molecule has 1 aromatic carbocycles. The first-order chi connectivity index (χ1) is 9.63. The summed E-state index contributed by atoms with van der Waals surface area (Å²) in [5, 5.41) is 12.3. The minimum absolute atomic E-state index is 0.136. The Morgan fingerprint density at radius 3 is 2.10 bits per heavy atom. The van der Waals surface area contributed by atoms with Crippen LogP contribution in [0, 0.1) is 5.41 Å². The molecule has 0 radical (unpaired) electrons. The van der Waals surface area contributed by atoms with Gasteiger partial charge >= 0.3 is 5.97 Å². The number of aliphatic carboxylic acids is 1.